The number of carbonyl (C=O) groups excluding carboxylic acids is 2. The molecule has 0 fully saturated rings. The molecule has 0 heterocycles. The molecule has 0 aromatic heterocycles. The van der Waals surface area contributed by atoms with Crippen LogP contribution < -0.4 is 9.84 Å². The molecule has 0 radical (unpaired) electrons. The van der Waals surface area contributed by atoms with Crippen LogP contribution in [0.4, 0.5) is 0 Å². The fraction of sp³-hybridized carbons (Fsp3) is 0.200. The van der Waals surface area contributed by atoms with E-state index in [1.54, 1.807) is 12.1 Å². The lowest BCUT2D eigenvalue weighted by Gasteiger charge is -1.97. The van der Waals surface area contributed by atoms with Crippen molar-refractivity contribution in [3.63, 3.8) is 0 Å². The van der Waals surface area contributed by atoms with E-state index < -0.39 is 5.97 Å². The van der Waals surface area contributed by atoms with Gasteiger partial charge in [-0.3, -0.25) is 4.79 Å². The molecule has 4 heteroatoms. The average molecular weight is 195 g/mol. The van der Waals surface area contributed by atoms with Crippen LogP contribution in [0.3, 0.4) is 0 Å². The van der Waals surface area contributed by atoms with Gasteiger partial charge in [0.1, 0.15) is 5.75 Å². The molecule has 76 valence electrons. The lowest BCUT2D eigenvalue weighted by molar-refractivity contribution is -0.302. The van der Waals surface area contributed by atoms with Crippen molar-refractivity contribution in [3.05, 3.63) is 30.3 Å². The quantitative estimate of drug-likeness (QED) is 0.479. The third kappa shape index (κ3) is 8.26. The Balaban J connectivity index is 0.000000364. The number of rotatable bonds is 1. The molecule has 14 heavy (non-hydrogen) atoms. The van der Waals surface area contributed by atoms with Crippen LogP contribution in [0.15, 0.2) is 30.3 Å². The third-order valence-corrected chi connectivity index (χ3v) is 1.00. The zero-order valence-corrected chi connectivity index (χ0v) is 8.02. The lowest BCUT2D eigenvalue weighted by atomic mass is 10.3. The number of hydrogen-bond acceptors (Lipinski definition) is 4. The van der Waals surface area contributed by atoms with Crippen molar-refractivity contribution in [1.82, 2.24) is 0 Å². The molecule has 0 aliphatic carbocycles. The van der Waals surface area contributed by atoms with Gasteiger partial charge >= 0.3 is 5.97 Å². The normalized spacial score (nSPS) is 8.14. The number of carbonyl (C=O) groups is 2. The van der Waals surface area contributed by atoms with Crippen molar-refractivity contribution in [1.29, 1.82) is 0 Å². The number of ether oxygens (including phenoxy) is 1. The fourth-order valence-corrected chi connectivity index (χ4v) is 0.655. The van der Waals surface area contributed by atoms with Crippen LogP contribution in [-0.4, -0.2) is 11.9 Å². The Morgan fingerprint density at radius 2 is 1.57 bits per heavy atom. The molecular formula is C10H11O4-. The van der Waals surface area contributed by atoms with Gasteiger partial charge in [0.15, 0.2) is 0 Å². The SMILES string of the molecule is CC(=O)Oc1ccccc1.CC(=O)[O-]. The first-order valence-electron chi connectivity index (χ1n) is 3.93. The summed E-state index contributed by atoms with van der Waals surface area (Å²) in [6, 6.07) is 8.98. The minimum Gasteiger partial charge on any atom is -0.550 e. The van der Waals surface area contributed by atoms with Gasteiger partial charge in [-0.1, -0.05) is 18.2 Å². The number of carboxylic acid groups (broad SMARTS) is 1. The minimum absolute atomic E-state index is 0.286. The van der Waals surface area contributed by atoms with E-state index in [4.69, 9.17) is 14.6 Å². The first-order chi connectivity index (χ1) is 6.52. The molecule has 0 spiro atoms. The highest BCUT2D eigenvalue weighted by Crippen LogP contribution is 2.07. The van der Waals surface area contributed by atoms with Gasteiger partial charge in [-0.2, -0.15) is 0 Å². The Hall–Kier alpha value is -1.84. The summed E-state index contributed by atoms with van der Waals surface area (Å²) in [7, 11) is 0. The van der Waals surface area contributed by atoms with Crippen molar-refractivity contribution in [3.8, 4) is 5.75 Å². The van der Waals surface area contributed by atoms with Crippen LogP contribution in [0.1, 0.15) is 13.8 Å². The predicted molar refractivity (Wildman–Crippen MR) is 48.4 cm³/mol. The van der Waals surface area contributed by atoms with Crippen molar-refractivity contribution >= 4 is 11.9 Å². The maximum atomic E-state index is 10.4. The monoisotopic (exact) mass is 195 g/mol. The number of carboxylic acids is 1. The second-order valence-electron chi connectivity index (χ2n) is 2.40. The zero-order valence-electron chi connectivity index (χ0n) is 8.02. The highest BCUT2D eigenvalue weighted by Gasteiger charge is 1.92. The minimum atomic E-state index is -1.08. The Morgan fingerprint density at radius 1 is 1.14 bits per heavy atom. The van der Waals surface area contributed by atoms with Gasteiger partial charge in [0, 0.05) is 12.9 Å². The molecule has 0 N–H and O–H groups in total. The smallest absolute Gasteiger partial charge is 0.308 e. The van der Waals surface area contributed by atoms with E-state index in [0.717, 1.165) is 6.92 Å². The van der Waals surface area contributed by atoms with Crippen LogP contribution in [0.2, 0.25) is 0 Å². The van der Waals surface area contributed by atoms with Crippen LogP contribution in [0.25, 0.3) is 0 Å². The number of benzene rings is 1. The molecular weight excluding hydrogens is 184 g/mol. The summed E-state index contributed by atoms with van der Waals surface area (Å²) >= 11 is 0. The van der Waals surface area contributed by atoms with Gasteiger partial charge in [-0.25, -0.2) is 0 Å². The topological polar surface area (TPSA) is 66.4 Å². The first-order valence-corrected chi connectivity index (χ1v) is 3.93. The maximum absolute atomic E-state index is 10.4. The van der Waals surface area contributed by atoms with E-state index in [2.05, 4.69) is 0 Å². The summed E-state index contributed by atoms with van der Waals surface area (Å²) in [6.07, 6.45) is 0. The summed E-state index contributed by atoms with van der Waals surface area (Å²) in [5.41, 5.74) is 0. The Bertz CT molecular complexity index is 288. The van der Waals surface area contributed by atoms with E-state index >= 15 is 0 Å². The van der Waals surface area contributed by atoms with E-state index in [-0.39, 0.29) is 5.97 Å². The van der Waals surface area contributed by atoms with Crippen molar-refractivity contribution in [2.75, 3.05) is 0 Å². The molecule has 0 atom stereocenters. The van der Waals surface area contributed by atoms with Gasteiger partial charge in [-0.05, 0) is 19.1 Å². The molecule has 0 bridgehead atoms. The van der Waals surface area contributed by atoms with E-state index in [0.29, 0.717) is 5.75 Å². The summed E-state index contributed by atoms with van der Waals surface area (Å²) in [5.74, 6) is -0.777. The second kappa shape index (κ2) is 6.65. The Labute approximate surface area is 82.1 Å². The number of para-hydroxylation sites is 1. The van der Waals surface area contributed by atoms with Gasteiger partial charge in [-0.15, -0.1) is 0 Å². The summed E-state index contributed by atoms with van der Waals surface area (Å²) < 4.78 is 4.78. The summed E-state index contributed by atoms with van der Waals surface area (Å²) in [6.45, 7) is 2.35. The fourth-order valence-electron chi connectivity index (χ4n) is 0.655. The molecule has 0 aliphatic rings. The standard InChI is InChI=1S/C8H8O2.C2H4O2/c1-7(9)10-8-5-3-2-4-6-8;1-2(3)4/h2-6H,1H3;1H3,(H,3,4)/p-1. The van der Waals surface area contributed by atoms with E-state index in [1.807, 2.05) is 18.2 Å². The second-order valence-corrected chi connectivity index (χ2v) is 2.40. The van der Waals surface area contributed by atoms with E-state index in [9.17, 15) is 4.79 Å². The lowest BCUT2D eigenvalue weighted by Crippen LogP contribution is -2.16. The molecule has 0 saturated carbocycles. The Kier molecular flexibility index (Phi) is 5.78. The van der Waals surface area contributed by atoms with Crippen LogP contribution in [0.5, 0.6) is 5.75 Å². The van der Waals surface area contributed by atoms with Gasteiger partial charge in [0.2, 0.25) is 0 Å². The number of hydrogen-bond donors (Lipinski definition) is 0. The van der Waals surface area contributed by atoms with Crippen LogP contribution in [0, 0.1) is 0 Å². The predicted octanol–water partition coefficient (Wildman–Crippen LogP) is 0.368. The average Bonchev–Trinajstić information content (AvgIpc) is 2.03. The highest BCUT2D eigenvalue weighted by molar-refractivity contribution is 5.69. The number of aliphatic carboxylic acids is 1. The van der Waals surface area contributed by atoms with Crippen molar-refractivity contribution < 1.29 is 19.4 Å². The molecule has 0 aliphatic heterocycles. The molecule has 0 unspecified atom stereocenters. The maximum Gasteiger partial charge on any atom is 0.308 e. The van der Waals surface area contributed by atoms with E-state index in [1.165, 1.54) is 6.92 Å². The van der Waals surface area contributed by atoms with Crippen LogP contribution in [-0.2, 0) is 9.59 Å². The molecule has 4 nitrogen and oxygen atoms in total. The largest absolute Gasteiger partial charge is 0.550 e. The van der Waals surface area contributed by atoms with Crippen molar-refractivity contribution in [2.45, 2.75) is 13.8 Å². The third-order valence-electron chi connectivity index (χ3n) is 1.00. The van der Waals surface area contributed by atoms with Gasteiger partial charge in [0.05, 0.1) is 0 Å². The summed E-state index contributed by atoms with van der Waals surface area (Å²) in [5, 5.41) is 8.89. The molecule has 0 saturated heterocycles. The molecule has 1 aromatic rings. The summed E-state index contributed by atoms with van der Waals surface area (Å²) in [4.78, 5) is 19.3. The highest BCUT2D eigenvalue weighted by atomic mass is 16.5. The first kappa shape index (κ1) is 12.2. The van der Waals surface area contributed by atoms with Gasteiger partial charge < -0.3 is 14.6 Å². The molecule has 1 aromatic carbocycles. The van der Waals surface area contributed by atoms with Crippen molar-refractivity contribution in [2.24, 2.45) is 0 Å². The molecule has 0 amide bonds. The zero-order chi connectivity index (χ0) is 11.0. The van der Waals surface area contributed by atoms with Gasteiger partial charge in [0.25, 0.3) is 0 Å². The Morgan fingerprint density at radius 3 is 1.93 bits per heavy atom. The number of esters is 1. The molecule has 1 rings (SSSR count). The van der Waals surface area contributed by atoms with Crippen LogP contribution >= 0.6 is 0 Å².